The van der Waals surface area contributed by atoms with E-state index in [9.17, 15) is 19.5 Å². The fraction of sp³-hybridized carbons (Fsp3) is 0.419. The summed E-state index contributed by atoms with van der Waals surface area (Å²) in [6.45, 7) is 3.44. The van der Waals surface area contributed by atoms with Crippen LogP contribution in [0.4, 0.5) is 4.79 Å². The number of nitrogens with one attached hydrogen (secondary N) is 1. The van der Waals surface area contributed by atoms with Crippen LogP contribution in [0, 0.1) is 5.92 Å². The van der Waals surface area contributed by atoms with Crippen LogP contribution in [-0.4, -0.2) is 86.1 Å². The number of carbonyl (C=O) groups excluding carboxylic acids is 2. The molecule has 226 valence electrons. The number of carbonyl (C=O) groups is 3. The van der Waals surface area contributed by atoms with Crippen LogP contribution in [0.25, 0.3) is 0 Å². The van der Waals surface area contributed by atoms with Gasteiger partial charge in [-0.05, 0) is 61.2 Å². The summed E-state index contributed by atoms with van der Waals surface area (Å²) >= 11 is 1.23. The van der Waals surface area contributed by atoms with Crippen molar-refractivity contribution in [2.24, 2.45) is 13.0 Å². The zero-order chi connectivity index (χ0) is 29.9. The Bertz CT molecular complexity index is 1470. The van der Waals surface area contributed by atoms with Gasteiger partial charge in [0, 0.05) is 25.9 Å². The number of carboxylic acids is 1. The molecule has 3 atom stereocenters. The number of nitrogens with zero attached hydrogens (tertiary/aromatic N) is 4. The van der Waals surface area contributed by atoms with Crippen molar-refractivity contribution in [3.8, 4) is 5.75 Å². The van der Waals surface area contributed by atoms with Crippen molar-refractivity contribution in [1.29, 1.82) is 0 Å². The van der Waals surface area contributed by atoms with E-state index >= 15 is 0 Å². The van der Waals surface area contributed by atoms with Gasteiger partial charge in [-0.2, -0.15) is 5.10 Å². The van der Waals surface area contributed by atoms with Gasteiger partial charge < -0.3 is 24.8 Å². The van der Waals surface area contributed by atoms with Crippen molar-refractivity contribution in [3.63, 3.8) is 0 Å². The van der Waals surface area contributed by atoms with Crippen molar-refractivity contribution in [2.75, 3.05) is 31.9 Å². The maximum atomic E-state index is 13.1. The van der Waals surface area contributed by atoms with E-state index in [1.807, 2.05) is 54.6 Å². The van der Waals surface area contributed by atoms with Crippen molar-refractivity contribution < 1.29 is 29.0 Å². The van der Waals surface area contributed by atoms with E-state index in [0.717, 1.165) is 43.6 Å². The van der Waals surface area contributed by atoms with Crippen LogP contribution in [-0.2, 0) is 23.2 Å². The zero-order valence-corrected chi connectivity index (χ0v) is 24.7. The first-order chi connectivity index (χ1) is 20.9. The predicted molar refractivity (Wildman–Crippen MR) is 160 cm³/mol. The number of hydrogen-bond donors (Lipinski definition) is 2. The SMILES string of the molecule is Cn1nc(C(=O)N2CCS[C@H]2C(=O)O)cc1COc1cccc([C@@H](NC(=O)O[C@H]2CN3CCC2CC3)c2ccccc2)c1. The highest BCUT2D eigenvalue weighted by atomic mass is 32.2. The number of fused-ring (bicyclic) bond motifs is 3. The van der Waals surface area contributed by atoms with Crippen LogP contribution in [0.5, 0.6) is 5.75 Å². The molecule has 4 aliphatic heterocycles. The van der Waals surface area contributed by atoms with Gasteiger partial charge in [-0.15, -0.1) is 11.8 Å². The topological polar surface area (TPSA) is 126 Å². The number of ether oxygens (including phenoxy) is 2. The molecule has 0 unspecified atom stereocenters. The van der Waals surface area contributed by atoms with Gasteiger partial charge in [-0.3, -0.25) is 14.4 Å². The van der Waals surface area contributed by atoms with E-state index in [1.54, 1.807) is 17.8 Å². The second-order valence-corrected chi connectivity index (χ2v) is 12.3. The number of hydrogen-bond acceptors (Lipinski definition) is 8. The first-order valence-corrected chi connectivity index (χ1v) is 15.6. The number of alkyl carbamates (subject to hydrolysis) is 1. The molecular weight excluding hydrogens is 570 g/mol. The Hall–Kier alpha value is -4.03. The lowest BCUT2D eigenvalue weighted by molar-refractivity contribution is -0.138. The van der Waals surface area contributed by atoms with Crippen LogP contribution in [0.1, 0.15) is 46.2 Å². The summed E-state index contributed by atoms with van der Waals surface area (Å²) in [6.07, 6.45) is 1.59. The molecule has 4 saturated heterocycles. The van der Waals surface area contributed by atoms with Gasteiger partial charge >= 0.3 is 12.1 Å². The average Bonchev–Trinajstić information content (AvgIpc) is 3.67. The Morgan fingerprint density at radius 2 is 1.81 bits per heavy atom. The van der Waals surface area contributed by atoms with Crippen molar-refractivity contribution in [3.05, 3.63) is 83.2 Å². The molecule has 2 N–H and O–H groups in total. The first-order valence-electron chi connectivity index (χ1n) is 14.5. The Labute approximate surface area is 254 Å². The summed E-state index contributed by atoms with van der Waals surface area (Å²) in [5, 5.41) is 15.9. The van der Waals surface area contributed by atoms with E-state index in [0.29, 0.717) is 29.7 Å². The van der Waals surface area contributed by atoms with Gasteiger partial charge in [0.05, 0.1) is 11.7 Å². The molecule has 1 aromatic heterocycles. The molecule has 0 aliphatic carbocycles. The monoisotopic (exact) mass is 605 g/mol. The minimum Gasteiger partial charge on any atom is -0.487 e. The first kappa shape index (κ1) is 29.1. The number of carboxylic acid groups (broad SMARTS) is 1. The van der Waals surface area contributed by atoms with Crippen molar-refractivity contribution >= 4 is 29.7 Å². The molecule has 2 amide bonds. The zero-order valence-electron chi connectivity index (χ0n) is 23.9. The standard InChI is InChI=1S/C31H35N5O6S/c1-34-23(17-25(33-34)28(37)36-14-15-43-29(36)30(38)39)19-41-24-9-5-8-22(16-24)27(21-6-3-2-4-7-21)32-31(40)42-26-18-35-12-10-20(26)11-13-35/h2-9,16-17,20,26-27,29H,10-15,18-19H2,1H3,(H,32,40)(H,38,39)/t26-,27-,29-/m0/s1. The van der Waals surface area contributed by atoms with Crippen LogP contribution >= 0.6 is 11.8 Å². The molecule has 4 fully saturated rings. The number of amides is 2. The summed E-state index contributed by atoms with van der Waals surface area (Å²) in [4.78, 5) is 41.3. The third-order valence-corrected chi connectivity index (χ3v) is 9.58. The molecule has 4 aliphatic rings. The average molecular weight is 606 g/mol. The number of aliphatic carboxylic acids is 1. The Kier molecular flexibility index (Phi) is 8.57. The van der Waals surface area contributed by atoms with Crippen LogP contribution < -0.4 is 10.1 Å². The molecule has 12 heteroatoms. The van der Waals surface area contributed by atoms with Gasteiger partial charge in [0.2, 0.25) is 0 Å². The summed E-state index contributed by atoms with van der Waals surface area (Å²) in [5.74, 6) is 0.118. The number of aryl methyl sites for hydroxylation is 1. The third-order valence-electron chi connectivity index (χ3n) is 8.39. The molecule has 11 nitrogen and oxygen atoms in total. The molecule has 2 bridgehead atoms. The number of thioether (sulfide) groups is 1. The van der Waals surface area contributed by atoms with E-state index in [-0.39, 0.29) is 18.4 Å². The fourth-order valence-corrected chi connectivity index (χ4v) is 7.10. The quantitative estimate of drug-likeness (QED) is 0.377. The summed E-state index contributed by atoms with van der Waals surface area (Å²) in [6, 6.07) is 18.4. The van der Waals surface area contributed by atoms with Crippen molar-refractivity contribution in [2.45, 2.75) is 37.0 Å². The molecule has 2 aromatic carbocycles. The van der Waals surface area contributed by atoms with Crippen molar-refractivity contribution in [1.82, 2.24) is 24.9 Å². The maximum Gasteiger partial charge on any atom is 0.408 e. The maximum absolute atomic E-state index is 13.1. The highest BCUT2D eigenvalue weighted by Gasteiger charge is 2.37. The van der Waals surface area contributed by atoms with E-state index in [4.69, 9.17) is 9.47 Å². The van der Waals surface area contributed by atoms with E-state index < -0.39 is 29.4 Å². The minimum absolute atomic E-state index is 0.0940. The highest BCUT2D eigenvalue weighted by Crippen LogP contribution is 2.31. The lowest BCUT2D eigenvalue weighted by atomic mass is 9.86. The molecule has 0 saturated carbocycles. The van der Waals surface area contributed by atoms with Gasteiger partial charge in [0.15, 0.2) is 11.1 Å². The van der Waals surface area contributed by atoms with Gasteiger partial charge in [-0.25, -0.2) is 9.59 Å². The summed E-state index contributed by atoms with van der Waals surface area (Å²) < 4.78 is 13.6. The second kappa shape index (κ2) is 12.7. The van der Waals surface area contributed by atoms with E-state index in [2.05, 4.69) is 15.3 Å². The Morgan fingerprint density at radius 1 is 1.05 bits per heavy atom. The predicted octanol–water partition coefficient (Wildman–Crippen LogP) is 3.51. The van der Waals surface area contributed by atoms with E-state index in [1.165, 1.54) is 16.7 Å². The minimum atomic E-state index is -1.04. The molecular formula is C31H35N5O6S. The molecule has 0 spiro atoms. The molecule has 0 radical (unpaired) electrons. The van der Waals surface area contributed by atoms with Gasteiger partial charge in [0.25, 0.3) is 5.91 Å². The summed E-state index contributed by atoms with van der Waals surface area (Å²) in [7, 11) is 1.72. The Balaban J connectivity index is 1.14. The third kappa shape index (κ3) is 6.50. The fourth-order valence-electron chi connectivity index (χ4n) is 6.05. The lowest BCUT2D eigenvalue weighted by Crippen LogP contribution is -2.52. The number of aromatic nitrogens is 2. The number of rotatable bonds is 9. The number of piperidine rings is 3. The molecule has 7 rings (SSSR count). The molecule has 43 heavy (non-hydrogen) atoms. The smallest absolute Gasteiger partial charge is 0.408 e. The van der Waals surface area contributed by atoms with Crippen LogP contribution in [0.15, 0.2) is 60.7 Å². The number of benzene rings is 2. The largest absolute Gasteiger partial charge is 0.487 e. The Morgan fingerprint density at radius 3 is 2.53 bits per heavy atom. The highest BCUT2D eigenvalue weighted by molar-refractivity contribution is 8.00. The van der Waals surface area contributed by atoms with Crippen LogP contribution in [0.2, 0.25) is 0 Å². The normalized spacial score (nSPS) is 23.5. The van der Waals surface area contributed by atoms with Gasteiger partial charge in [0.1, 0.15) is 18.5 Å². The summed E-state index contributed by atoms with van der Waals surface area (Å²) in [5.41, 5.74) is 2.59. The molecule has 3 aromatic rings. The second-order valence-electron chi connectivity index (χ2n) is 11.1. The van der Waals surface area contributed by atoms with Gasteiger partial charge in [-0.1, -0.05) is 42.5 Å². The van der Waals surface area contributed by atoms with Crippen LogP contribution in [0.3, 0.4) is 0 Å². The lowest BCUT2D eigenvalue weighted by Gasteiger charge is -2.43. The molecule has 5 heterocycles.